The Kier molecular flexibility index (Phi) is 13.3. The first-order chi connectivity index (χ1) is 33.2. The summed E-state index contributed by atoms with van der Waals surface area (Å²) in [6, 6.07) is 61.7. The van der Waals surface area contributed by atoms with Gasteiger partial charge in [-0.3, -0.25) is 4.98 Å². The molecular formula is C63H63IrN3OSi-2. The SMILES string of the molecule is CC(C)(C)c1cc(-c2ccccc2)c(-n2c(-c3[c-]ccc4c3oc3ccccc34)nc3ccccc32)c(-c2ccccc2)c1.[2H]C([2H])(c1cc(-c2[c-]ccc(C(C)(C)C)c2)ncc1[Si](C)(C)C)C(C)C.[Ir]. The first-order valence-electron chi connectivity index (χ1n) is 24.8. The molecule has 3 aromatic heterocycles. The van der Waals surface area contributed by atoms with Crippen LogP contribution in [0.5, 0.6) is 0 Å². The van der Waals surface area contributed by atoms with Gasteiger partial charge in [0, 0.05) is 45.6 Å². The van der Waals surface area contributed by atoms with Gasteiger partial charge >= 0.3 is 0 Å². The van der Waals surface area contributed by atoms with Crippen molar-refractivity contribution in [1.82, 2.24) is 14.5 Å². The number of hydrogen-bond acceptors (Lipinski definition) is 3. The van der Waals surface area contributed by atoms with E-state index in [1.807, 2.05) is 56.4 Å². The third-order valence-electron chi connectivity index (χ3n) is 12.6. The van der Waals surface area contributed by atoms with Gasteiger partial charge in [-0.05, 0) is 81.0 Å². The summed E-state index contributed by atoms with van der Waals surface area (Å²) in [4.78, 5) is 10.0. The van der Waals surface area contributed by atoms with E-state index < -0.39 is 14.4 Å². The largest absolute Gasteiger partial charge is 0.501 e. The number of aromatic nitrogens is 3. The van der Waals surface area contributed by atoms with Crippen molar-refractivity contribution in [2.45, 2.75) is 92.2 Å². The van der Waals surface area contributed by atoms with Crippen molar-refractivity contribution in [3.63, 3.8) is 0 Å². The van der Waals surface area contributed by atoms with Crippen LogP contribution in [0.25, 0.3) is 83.6 Å². The Labute approximate surface area is 427 Å². The van der Waals surface area contributed by atoms with Gasteiger partial charge in [0.25, 0.3) is 0 Å². The number of hydrogen-bond donors (Lipinski definition) is 0. The molecule has 0 fully saturated rings. The molecule has 7 aromatic carbocycles. The number of furan rings is 1. The zero-order valence-electron chi connectivity index (χ0n) is 43.7. The first kappa shape index (κ1) is 46.6. The van der Waals surface area contributed by atoms with Crippen molar-refractivity contribution in [2.24, 2.45) is 5.92 Å². The third-order valence-corrected chi connectivity index (χ3v) is 14.6. The van der Waals surface area contributed by atoms with Gasteiger partial charge in [0.2, 0.25) is 0 Å². The van der Waals surface area contributed by atoms with Crippen LogP contribution in [0.3, 0.4) is 0 Å². The molecule has 0 saturated heterocycles. The average molecular weight is 1100 g/mol. The average Bonchev–Trinajstić information content (AvgIpc) is 3.92. The van der Waals surface area contributed by atoms with Crippen LogP contribution in [0.1, 0.15) is 74.8 Å². The van der Waals surface area contributed by atoms with Crippen LogP contribution in [0.15, 0.2) is 168 Å². The summed E-state index contributed by atoms with van der Waals surface area (Å²) in [5, 5.41) is 3.25. The van der Waals surface area contributed by atoms with Crippen LogP contribution in [0, 0.1) is 18.1 Å². The molecule has 69 heavy (non-hydrogen) atoms. The van der Waals surface area contributed by atoms with E-state index in [9.17, 15) is 0 Å². The van der Waals surface area contributed by atoms with Crippen LogP contribution >= 0.6 is 0 Å². The molecule has 0 bridgehead atoms. The standard InChI is InChI=1S/C41H31N2O.C22H32NSi.Ir/c1-41(2,3)29-25-33(27-15-6-4-7-16-27)38(34(26-29)28-17-8-5-9-18-28)43-36-23-12-11-22-35(36)42-40(43)32-21-14-20-31-30-19-10-13-24-37(30)44-39(31)32;1-16(2)12-18-14-20(23-15-21(18)24(6,7)8)17-10-9-11-19(13-17)22(3,4)5;/h4-20,22-26H,1-3H3;9,11,13-16H,12H2,1-8H3;/q2*-1;/i;12D2;. The van der Waals surface area contributed by atoms with E-state index in [1.54, 1.807) is 0 Å². The summed E-state index contributed by atoms with van der Waals surface area (Å²) in [6.45, 7) is 24.0. The fraction of sp³-hybridized carbons (Fsp3) is 0.238. The van der Waals surface area contributed by atoms with Gasteiger partial charge in [-0.2, -0.15) is 0 Å². The number of benzene rings is 7. The smallest absolute Gasteiger partial charge is 0.120 e. The van der Waals surface area contributed by atoms with Gasteiger partial charge in [0.05, 0.1) is 36.2 Å². The number of nitrogens with zero attached hydrogens (tertiary/aromatic N) is 3. The van der Waals surface area contributed by atoms with Crippen molar-refractivity contribution in [1.29, 1.82) is 0 Å². The van der Waals surface area contributed by atoms with Crippen molar-refractivity contribution in [3.05, 3.63) is 193 Å². The molecule has 0 amide bonds. The Hall–Kier alpha value is -6.17. The molecule has 10 aromatic rings. The van der Waals surface area contributed by atoms with Gasteiger partial charge in [0.1, 0.15) is 5.58 Å². The minimum absolute atomic E-state index is 0. The van der Waals surface area contributed by atoms with Crippen molar-refractivity contribution in [3.8, 4) is 50.6 Å². The fourth-order valence-electron chi connectivity index (χ4n) is 8.97. The Morgan fingerprint density at radius 3 is 1.88 bits per heavy atom. The minimum Gasteiger partial charge on any atom is -0.501 e. The van der Waals surface area contributed by atoms with E-state index in [2.05, 4.69) is 199 Å². The number of para-hydroxylation sites is 3. The van der Waals surface area contributed by atoms with E-state index in [-0.39, 0.29) is 36.9 Å². The molecule has 4 nitrogen and oxygen atoms in total. The second-order valence-electron chi connectivity index (χ2n) is 21.3. The molecule has 0 N–H and O–H groups in total. The van der Waals surface area contributed by atoms with Crippen molar-refractivity contribution in [2.75, 3.05) is 0 Å². The molecule has 0 saturated carbocycles. The number of fused-ring (bicyclic) bond motifs is 4. The van der Waals surface area contributed by atoms with Crippen LogP contribution in [-0.4, -0.2) is 22.6 Å². The Balaban J connectivity index is 0.000000216. The topological polar surface area (TPSA) is 43.9 Å². The van der Waals surface area contributed by atoms with Crippen molar-refractivity contribution >= 4 is 46.2 Å². The normalized spacial score (nSPS) is 12.7. The van der Waals surface area contributed by atoms with Gasteiger partial charge in [-0.15, -0.1) is 53.6 Å². The summed E-state index contributed by atoms with van der Waals surface area (Å²) in [7, 11) is -1.71. The fourth-order valence-corrected chi connectivity index (χ4v) is 10.4. The second kappa shape index (κ2) is 19.7. The van der Waals surface area contributed by atoms with Gasteiger partial charge in [-0.25, -0.2) is 0 Å². The summed E-state index contributed by atoms with van der Waals surface area (Å²) >= 11 is 0. The monoisotopic (exact) mass is 1100 g/mol. The molecule has 3 heterocycles. The molecule has 351 valence electrons. The molecule has 0 atom stereocenters. The van der Waals surface area contributed by atoms with Gasteiger partial charge < -0.3 is 14.0 Å². The van der Waals surface area contributed by atoms with Crippen LogP contribution < -0.4 is 5.19 Å². The van der Waals surface area contributed by atoms with Gasteiger partial charge in [-0.1, -0.05) is 189 Å². The Morgan fingerprint density at radius 2 is 1.26 bits per heavy atom. The maximum atomic E-state index is 8.69. The van der Waals surface area contributed by atoms with E-state index in [0.717, 1.165) is 94.3 Å². The van der Waals surface area contributed by atoms with E-state index in [1.165, 1.54) is 11.1 Å². The van der Waals surface area contributed by atoms with E-state index >= 15 is 0 Å². The predicted molar refractivity (Wildman–Crippen MR) is 291 cm³/mol. The summed E-state index contributed by atoms with van der Waals surface area (Å²) < 4.78 is 26.2. The van der Waals surface area contributed by atoms with Crippen LogP contribution in [0.4, 0.5) is 0 Å². The molecule has 6 heteroatoms. The zero-order valence-corrected chi connectivity index (χ0v) is 45.1. The third kappa shape index (κ3) is 10.3. The summed E-state index contributed by atoms with van der Waals surface area (Å²) in [6.07, 6.45) is 0.531. The zero-order chi connectivity index (χ0) is 49.8. The number of pyridine rings is 1. The minimum atomic E-state index is -1.71. The second-order valence-corrected chi connectivity index (χ2v) is 26.3. The van der Waals surface area contributed by atoms with E-state index in [0.29, 0.717) is 0 Å². The number of imidazole rings is 1. The van der Waals surface area contributed by atoms with Crippen LogP contribution in [0.2, 0.25) is 19.6 Å². The Morgan fingerprint density at radius 1 is 0.667 bits per heavy atom. The maximum Gasteiger partial charge on any atom is 0.120 e. The molecule has 0 aliphatic rings. The first-order valence-corrected chi connectivity index (χ1v) is 27.3. The number of rotatable bonds is 8. The molecular weight excluding hydrogens is 1040 g/mol. The molecule has 10 rings (SSSR count). The molecule has 0 aliphatic heterocycles. The van der Waals surface area contributed by atoms with E-state index in [4.69, 9.17) is 17.1 Å². The molecule has 0 spiro atoms. The molecule has 0 unspecified atom stereocenters. The maximum absolute atomic E-state index is 8.69. The summed E-state index contributed by atoms with van der Waals surface area (Å²) in [5.41, 5.74) is 15.2. The Bertz CT molecular complexity index is 3440. The molecule has 1 radical (unpaired) electrons. The van der Waals surface area contributed by atoms with Crippen molar-refractivity contribution < 1.29 is 27.3 Å². The summed E-state index contributed by atoms with van der Waals surface area (Å²) in [5.74, 6) is 0.700. The van der Waals surface area contributed by atoms with Crippen LogP contribution in [-0.2, 0) is 37.3 Å². The quantitative estimate of drug-likeness (QED) is 0.112. The van der Waals surface area contributed by atoms with Gasteiger partial charge in [0.15, 0.2) is 0 Å². The molecule has 0 aliphatic carbocycles. The predicted octanol–water partition coefficient (Wildman–Crippen LogP) is 16.6.